The highest BCUT2D eigenvalue weighted by atomic mass is 35.5. The van der Waals surface area contributed by atoms with Crippen molar-refractivity contribution in [3.05, 3.63) is 90.0 Å². The van der Waals surface area contributed by atoms with Gasteiger partial charge in [-0.1, -0.05) is 54.1 Å². The van der Waals surface area contributed by atoms with Gasteiger partial charge >= 0.3 is 0 Å². The van der Waals surface area contributed by atoms with Gasteiger partial charge in [0.2, 0.25) is 5.91 Å². The Balaban J connectivity index is 1.29. The lowest BCUT2D eigenvalue weighted by Crippen LogP contribution is -2.50. The molecule has 3 aromatic carbocycles. The molecule has 0 aliphatic carbocycles. The van der Waals surface area contributed by atoms with Crippen LogP contribution in [0.25, 0.3) is 0 Å². The number of amides is 2. The Morgan fingerprint density at radius 3 is 1.97 bits per heavy atom. The van der Waals surface area contributed by atoms with Gasteiger partial charge in [0.05, 0.1) is 0 Å². The van der Waals surface area contributed by atoms with Crippen LogP contribution < -0.4 is 9.80 Å². The first-order chi connectivity index (χ1) is 16.1. The van der Waals surface area contributed by atoms with Crippen LogP contribution in [0.4, 0.5) is 17.1 Å². The fraction of sp³-hybridized carbons (Fsp3) is 0.231. The fourth-order valence-corrected chi connectivity index (χ4v) is 4.04. The van der Waals surface area contributed by atoms with Crippen LogP contribution in [-0.4, -0.2) is 56.1 Å². The zero-order chi connectivity index (χ0) is 23.0. The van der Waals surface area contributed by atoms with Gasteiger partial charge in [0.15, 0.2) is 0 Å². The molecule has 170 valence electrons. The lowest BCUT2D eigenvalue weighted by Gasteiger charge is -2.36. The maximum atomic E-state index is 13.0. The summed E-state index contributed by atoms with van der Waals surface area (Å²) in [4.78, 5) is 31.2. The maximum absolute atomic E-state index is 13.0. The number of halogens is 1. The maximum Gasteiger partial charge on any atom is 0.257 e. The third-order valence-corrected chi connectivity index (χ3v) is 5.77. The molecule has 33 heavy (non-hydrogen) atoms. The summed E-state index contributed by atoms with van der Waals surface area (Å²) in [5.41, 5.74) is 2.56. The summed E-state index contributed by atoms with van der Waals surface area (Å²) in [7, 11) is 0. The number of anilines is 3. The minimum Gasteiger partial charge on any atom is -0.368 e. The molecule has 6 nitrogen and oxygen atoms in total. The summed E-state index contributed by atoms with van der Waals surface area (Å²) < 4.78 is 5.55. The second kappa shape index (κ2) is 11.0. The summed E-state index contributed by atoms with van der Waals surface area (Å²) in [6.45, 7) is 2.34. The summed E-state index contributed by atoms with van der Waals surface area (Å²) >= 11 is 6.09. The first kappa shape index (κ1) is 22.8. The Kier molecular flexibility index (Phi) is 7.60. The topological polar surface area (TPSA) is 53.1 Å². The molecule has 1 aliphatic heterocycles. The van der Waals surface area contributed by atoms with E-state index in [2.05, 4.69) is 4.90 Å². The van der Waals surface area contributed by atoms with E-state index in [-0.39, 0.29) is 25.0 Å². The summed E-state index contributed by atoms with van der Waals surface area (Å²) in [5.74, 6) is -0.342. The summed E-state index contributed by atoms with van der Waals surface area (Å²) in [6, 6.07) is 26.5. The van der Waals surface area contributed by atoms with E-state index in [1.165, 1.54) is 0 Å². The van der Waals surface area contributed by atoms with Gasteiger partial charge in [-0.05, 0) is 42.5 Å². The third kappa shape index (κ3) is 5.92. The van der Waals surface area contributed by atoms with Crippen molar-refractivity contribution in [2.75, 3.05) is 49.2 Å². The summed E-state index contributed by atoms with van der Waals surface area (Å²) in [5, 5.41) is 0.698. The quantitative estimate of drug-likeness (QED) is 0.522. The highest BCUT2D eigenvalue weighted by Crippen LogP contribution is 2.25. The predicted octanol–water partition coefficient (Wildman–Crippen LogP) is 4.37. The molecule has 2 amide bonds. The van der Waals surface area contributed by atoms with Crippen molar-refractivity contribution >= 4 is 40.5 Å². The number of para-hydroxylation sites is 2. The lowest BCUT2D eigenvalue weighted by molar-refractivity contribution is -0.138. The van der Waals surface area contributed by atoms with Gasteiger partial charge in [-0.25, -0.2) is 0 Å². The van der Waals surface area contributed by atoms with E-state index in [1.54, 1.807) is 9.80 Å². The van der Waals surface area contributed by atoms with E-state index in [1.807, 2.05) is 84.9 Å². The first-order valence-electron chi connectivity index (χ1n) is 10.9. The second-order valence-electron chi connectivity index (χ2n) is 7.74. The zero-order valence-electron chi connectivity index (χ0n) is 18.3. The van der Waals surface area contributed by atoms with Gasteiger partial charge in [-0.3, -0.25) is 14.5 Å². The molecule has 1 saturated heterocycles. The molecule has 1 fully saturated rings. The van der Waals surface area contributed by atoms with Crippen LogP contribution in [0.1, 0.15) is 0 Å². The van der Waals surface area contributed by atoms with E-state index in [4.69, 9.17) is 16.3 Å². The number of nitrogens with zero attached hydrogens (tertiary/aromatic N) is 3. The molecule has 1 aliphatic rings. The Morgan fingerprint density at radius 2 is 1.39 bits per heavy atom. The molecule has 4 rings (SSSR count). The minimum atomic E-state index is -0.231. The third-order valence-electron chi connectivity index (χ3n) is 5.53. The van der Waals surface area contributed by atoms with Crippen molar-refractivity contribution in [1.82, 2.24) is 4.90 Å². The molecule has 0 spiro atoms. The monoisotopic (exact) mass is 463 g/mol. The van der Waals surface area contributed by atoms with Crippen LogP contribution in [-0.2, 0) is 14.3 Å². The number of piperazine rings is 1. The fourth-order valence-electron chi connectivity index (χ4n) is 3.86. The Hall–Kier alpha value is -3.35. The van der Waals surface area contributed by atoms with Crippen LogP contribution in [0.3, 0.4) is 0 Å². The van der Waals surface area contributed by atoms with Crippen molar-refractivity contribution in [3.8, 4) is 0 Å². The van der Waals surface area contributed by atoms with Gasteiger partial charge in [0.1, 0.15) is 13.2 Å². The molecule has 0 radical (unpaired) electrons. The molecule has 1 heterocycles. The largest absolute Gasteiger partial charge is 0.368 e. The van der Waals surface area contributed by atoms with Crippen molar-refractivity contribution in [2.45, 2.75) is 0 Å². The zero-order valence-corrected chi connectivity index (χ0v) is 19.0. The van der Waals surface area contributed by atoms with Crippen LogP contribution in [0, 0.1) is 0 Å². The van der Waals surface area contributed by atoms with E-state index >= 15 is 0 Å². The summed E-state index contributed by atoms with van der Waals surface area (Å²) in [6.07, 6.45) is 0. The average Bonchev–Trinajstić information content (AvgIpc) is 2.85. The van der Waals surface area contributed by atoms with Gasteiger partial charge in [-0.15, -0.1) is 0 Å². The number of rotatable bonds is 7. The SMILES string of the molecule is O=C(COCC(=O)N(c1ccccc1)c1ccccc1)N1CCN(c2cccc(Cl)c2)CC1. The van der Waals surface area contributed by atoms with E-state index in [0.717, 1.165) is 30.2 Å². The standard InChI is InChI=1S/C26H26ClN3O3/c27-21-8-7-13-24(18-21)28-14-16-29(17-15-28)25(31)19-33-20-26(32)30(22-9-3-1-4-10-22)23-11-5-2-6-12-23/h1-13,18H,14-17,19-20H2. The smallest absolute Gasteiger partial charge is 0.257 e. The normalized spacial score (nSPS) is 13.6. The molecule has 0 atom stereocenters. The van der Waals surface area contributed by atoms with Gasteiger partial charge in [0.25, 0.3) is 5.91 Å². The molecule has 0 saturated carbocycles. The van der Waals surface area contributed by atoms with Crippen LogP contribution in [0.15, 0.2) is 84.9 Å². The van der Waals surface area contributed by atoms with Crippen molar-refractivity contribution in [3.63, 3.8) is 0 Å². The Bertz CT molecular complexity index is 1030. The lowest BCUT2D eigenvalue weighted by atomic mass is 10.2. The highest BCUT2D eigenvalue weighted by Gasteiger charge is 2.23. The number of hydrogen-bond acceptors (Lipinski definition) is 4. The minimum absolute atomic E-state index is 0.112. The average molecular weight is 464 g/mol. The van der Waals surface area contributed by atoms with Crippen molar-refractivity contribution < 1.29 is 14.3 Å². The molecule has 0 N–H and O–H groups in total. The van der Waals surface area contributed by atoms with Crippen molar-refractivity contribution in [2.24, 2.45) is 0 Å². The van der Waals surface area contributed by atoms with Crippen LogP contribution >= 0.6 is 11.6 Å². The van der Waals surface area contributed by atoms with Gasteiger partial charge in [0, 0.05) is 48.3 Å². The number of carbonyl (C=O) groups is 2. The van der Waals surface area contributed by atoms with Crippen LogP contribution in [0.5, 0.6) is 0 Å². The van der Waals surface area contributed by atoms with Gasteiger partial charge < -0.3 is 14.5 Å². The molecule has 7 heteroatoms. The Labute approximate surface area is 198 Å². The van der Waals surface area contributed by atoms with Gasteiger partial charge in [-0.2, -0.15) is 0 Å². The predicted molar refractivity (Wildman–Crippen MR) is 131 cm³/mol. The number of hydrogen-bond donors (Lipinski definition) is 0. The molecule has 0 bridgehead atoms. The second-order valence-corrected chi connectivity index (χ2v) is 8.18. The van der Waals surface area contributed by atoms with E-state index in [9.17, 15) is 9.59 Å². The molecule has 0 unspecified atom stereocenters. The molecule has 3 aromatic rings. The highest BCUT2D eigenvalue weighted by molar-refractivity contribution is 6.30. The Morgan fingerprint density at radius 1 is 0.788 bits per heavy atom. The number of benzene rings is 3. The molecular formula is C26H26ClN3O3. The molecular weight excluding hydrogens is 438 g/mol. The van der Waals surface area contributed by atoms with Crippen molar-refractivity contribution in [1.29, 1.82) is 0 Å². The number of carbonyl (C=O) groups excluding carboxylic acids is 2. The van der Waals surface area contributed by atoms with E-state index < -0.39 is 0 Å². The number of ether oxygens (including phenoxy) is 1. The van der Waals surface area contributed by atoms with Crippen LogP contribution in [0.2, 0.25) is 5.02 Å². The van der Waals surface area contributed by atoms with E-state index in [0.29, 0.717) is 18.1 Å². The molecule has 0 aromatic heterocycles. The first-order valence-corrected chi connectivity index (χ1v) is 11.3.